The molecule has 0 aromatic rings. The van der Waals surface area contributed by atoms with Crippen LogP contribution in [0.25, 0.3) is 0 Å². The van der Waals surface area contributed by atoms with Gasteiger partial charge < -0.3 is 5.11 Å². The van der Waals surface area contributed by atoms with Gasteiger partial charge in [-0.05, 0) is 13.3 Å². The Morgan fingerprint density at radius 3 is 2.00 bits per heavy atom. The van der Waals surface area contributed by atoms with Gasteiger partial charge in [-0.15, -0.1) is 0 Å². The van der Waals surface area contributed by atoms with Gasteiger partial charge in [0.05, 0.1) is 0 Å². The molecule has 0 amide bonds. The number of rotatable bonds is 3. The highest BCUT2D eigenvalue weighted by Gasteiger charge is 2.00. The molecule has 0 saturated heterocycles. The van der Waals surface area contributed by atoms with Crippen molar-refractivity contribution in [2.75, 3.05) is 0 Å². The molecular formula is C8H16O5. The molecule has 0 bridgehead atoms. The van der Waals surface area contributed by atoms with Crippen LogP contribution in [0, 0.1) is 0 Å². The normalized spacial score (nSPS) is 10.8. The van der Waals surface area contributed by atoms with Crippen LogP contribution >= 0.6 is 0 Å². The second kappa shape index (κ2) is 8.99. The molecule has 0 aromatic carbocycles. The molecule has 0 heterocycles. The second-order valence-electron chi connectivity index (χ2n) is 2.41. The molecule has 0 spiro atoms. The molecule has 1 N–H and O–H groups in total. The van der Waals surface area contributed by atoms with E-state index in [4.69, 9.17) is 9.90 Å². The second-order valence-corrected chi connectivity index (χ2v) is 2.41. The highest BCUT2D eigenvalue weighted by molar-refractivity contribution is 5.65. The minimum absolute atomic E-state index is 0.00565. The van der Waals surface area contributed by atoms with Crippen molar-refractivity contribution in [3.8, 4) is 0 Å². The van der Waals surface area contributed by atoms with E-state index in [1.807, 2.05) is 13.8 Å². The van der Waals surface area contributed by atoms with Crippen molar-refractivity contribution >= 4 is 11.9 Å². The number of carboxylic acid groups (broad SMARTS) is 1. The summed E-state index contributed by atoms with van der Waals surface area (Å²) in [4.78, 5) is 28.0. The van der Waals surface area contributed by atoms with E-state index >= 15 is 0 Å². The smallest absolute Gasteiger partial charge is 0.339 e. The first-order valence-electron chi connectivity index (χ1n) is 3.93. The number of carboxylic acids is 1. The Kier molecular flexibility index (Phi) is 9.98. The number of carbonyl (C=O) groups is 2. The van der Waals surface area contributed by atoms with Crippen LogP contribution in [0.1, 0.15) is 34.1 Å². The summed E-state index contributed by atoms with van der Waals surface area (Å²) in [6, 6.07) is 0. The van der Waals surface area contributed by atoms with Crippen molar-refractivity contribution in [3.63, 3.8) is 0 Å². The fourth-order valence-corrected chi connectivity index (χ4v) is 0.218. The van der Waals surface area contributed by atoms with Crippen molar-refractivity contribution in [1.82, 2.24) is 0 Å². The zero-order valence-electron chi connectivity index (χ0n) is 8.36. The summed E-state index contributed by atoms with van der Waals surface area (Å²) in [5, 5.41) is 7.42. The third-order valence-electron chi connectivity index (χ3n) is 0.905. The Hall–Kier alpha value is -1.10. The van der Waals surface area contributed by atoms with Crippen molar-refractivity contribution in [3.05, 3.63) is 0 Å². The van der Waals surface area contributed by atoms with Crippen molar-refractivity contribution < 1.29 is 24.5 Å². The van der Waals surface area contributed by atoms with E-state index in [9.17, 15) is 4.79 Å². The van der Waals surface area contributed by atoms with E-state index in [1.165, 1.54) is 6.92 Å². The monoisotopic (exact) mass is 192 g/mol. The highest BCUT2D eigenvalue weighted by atomic mass is 17.2. The van der Waals surface area contributed by atoms with Crippen LogP contribution in [0.2, 0.25) is 0 Å². The predicted molar refractivity (Wildman–Crippen MR) is 45.9 cm³/mol. The zero-order valence-corrected chi connectivity index (χ0v) is 8.36. The molecule has 5 nitrogen and oxygen atoms in total. The summed E-state index contributed by atoms with van der Waals surface area (Å²) in [5.74, 6) is -1.24. The summed E-state index contributed by atoms with van der Waals surface area (Å²) in [7, 11) is 0. The van der Waals surface area contributed by atoms with E-state index in [0.717, 1.165) is 13.3 Å². The van der Waals surface area contributed by atoms with E-state index in [2.05, 4.69) is 9.78 Å². The summed E-state index contributed by atoms with van der Waals surface area (Å²) >= 11 is 0. The van der Waals surface area contributed by atoms with Gasteiger partial charge in [0.2, 0.25) is 0 Å². The lowest BCUT2D eigenvalue weighted by molar-refractivity contribution is -0.293. The Morgan fingerprint density at radius 2 is 1.77 bits per heavy atom. The Labute approximate surface area is 77.6 Å². The first kappa shape index (κ1) is 14.4. The van der Waals surface area contributed by atoms with Crippen LogP contribution in [-0.2, 0) is 19.4 Å². The SMILES string of the molecule is CC(=O)O.CCC(C)OOC(C)=O. The van der Waals surface area contributed by atoms with Crippen LogP contribution in [0.3, 0.4) is 0 Å². The average Bonchev–Trinajstić information content (AvgIpc) is 1.99. The average molecular weight is 192 g/mol. The Balaban J connectivity index is 0. The third-order valence-corrected chi connectivity index (χ3v) is 0.905. The predicted octanol–water partition coefficient (Wildman–Crippen LogP) is 1.37. The number of carbonyl (C=O) groups excluding carboxylic acids is 1. The Morgan fingerprint density at radius 1 is 1.38 bits per heavy atom. The molecule has 1 atom stereocenters. The van der Waals surface area contributed by atoms with Crippen LogP contribution in [0.15, 0.2) is 0 Å². The van der Waals surface area contributed by atoms with Crippen molar-refractivity contribution in [2.45, 2.75) is 40.2 Å². The van der Waals surface area contributed by atoms with Gasteiger partial charge in [-0.25, -0.2) is 4.79 Å². The molecule has 0 aromatic heterocycles. The van der Waals surface area contributed by atoms with Gasteiger partial charge in [0.1, 0.15) is 6.10 Å². The Bertz CT molecular complexity index is 151. The quantitative estimate of drug-likeness (QED) is 0.540. The molecular weight excluding hydrogens is 176 g/mol. The molecule has 13 heavy (non-hydrogen) atoms. The molecule has 5 heteroatoms. The van der Waals surface area contributed by atoms with Gasteiger partial charge in [0.15, 0.2) is 0 Å². The molecule has 0 rings (SSSR count). The first-order valence-corrected chi connectivity index (χ1v) is 3.93. The van der Waals surface area contributed by atoms with E-state index in [1.54, 1.807) is 0 Å². The largest absolute Gasteiger partial charge is 0.481 e. The van der Waals surface area contributed by atoms with Crippen molar-refractivity contribution in [2.24, 2.45) is 0 Å². The maximum atomic E-state index is 10.1. The zero-order chi connectivity index (χ0) is 10.9. The standard InChI is InChI=1S/C6H12O3.C2H4O2/c1-4-5(2)8-9-6(3)7;1-2(3)4/h5H,4H2,1-3H3;1H3,(H,3,4). The maximum absolute atomic E-state index is 10.1. The van der Waals surface area contributed by atoms with Crippen LogP contribution in [-0.4, -0.2) is 23.1 Å². The lowest BCUT2D eigenvalue weighted by Gasteiger charge is -2.05. The molecule has 0 aliphatic rings. The summed E-state index contributed by atoms with van der Waals surface area (Å²) in [6.45, 7) is 6.18. The molecule has 0 radical (unpaired) electrons. The topological polar surface area (TPSA) is 72.8 Å². The lowest BCUT2D eigenvalue weighted by Crippen LogP contribution is -2.09. The minimum Gasteiger partial charge on any atom is -0.481 e. The van der Waals surface area contributed by atoms with Crippen LogP contribution in [0.5, 0.6) is 0 Å². The first-order chi connectivity index (χ1) is 5.90. The van der Waals surface area contributed by atoms with Crippen LogP contribution < -0.4 is 0 Å². The van der Waals surface area contributed by atoms with Gasteiger partial charge >= 0.3 is 5.97 Å². The van der Waals surface area contributed by atoms with E-state index in [0.29, 0.717) is 0 Å². The summed E-state index contributed by atoms with van der Waals surface area (Å²) < 4.78 is 0. The van der Waals surface area contributed by atoms with Gasteiger partial charge in [0, 0.05) is 13.8 Å². The van der Waals surface area contributed by atoms with Crippen LogP contribution in [0.4, 0.5) is 0 Å². The fraction of sp³-hybridized carbons (Fsp3) is 0.750. The third kappa shape index (κ3) is 24.8. The van der Waals surface area contributed by atoms with E-state index < -0.39 is 11.9 Å². The van der Waals surface area contributed by atoms with Gasteiger partial charge in [-0.3, -0.25) is 9.68 Å². The van der Waals surface area contributed by atoms with Crippen molar-refractivity contribution in [1.29, 1.82) is 0 Å². The minimum atomic E-state index is -0.833. The molecule has 0 aliphatic heterocycles. The molecule has 0 saturated carbocycles. The number of aliphatic carboxylic acids is 1. The fourth-order valence-electron chi connectivity index (χ4n) is 0.218. The van der Waals surface area contributed by atoms with Gasteiger partial charge in [0.25, 0.3) is 5.97 Å². The van der Waals surface area contributed by atoms with Gasteiger partial charge in [-0.1, -0.05) is 6.92 Å². The van der Waals surface area contributed by atoms with Gasteiger partial charge in [-0.2, -0.15) is 4.89 Å². The summed E-state index contributed by atoms with van der Waals surface area (Å²) in [6.07, 6.45) is 0.835. The lowest BCUT2D eigenvalue weighted by atomic mass is 10.3. The van der Waals surface area contributed by atoms with E-state index in [-0.39, 0.29) is 6.10 Å². The maximum Gasteiger partial charge on any atom is 0.339 e. The number of hydrogen-bond donors (Lipinski definition) is 1. The molecule has 0 aliphatic carbocycles. The molecule has 78 valence electrons. The number of hydrogen-bond acceptors (Lipinski definition) is 4. The highest BCUT2D eigenvalue weighted by Crippen LogP contribution is 1.95. The molecule has 0 fully saturated rings. The summed E-state index contributed by atoms with van der Waals surface area (Å²) in [5.41, 5.74) is 0. The molecule has 1 unspecified atom stereocenters.